The van der Waals surface area contributed by atoms with Crippen LogP contribution in [-0.2, 0) is 14.8 Å². The molecule has 1 atom stereocenters. The van der Waals surface area contributed by atoms with Crippen molar-refractivity contribution in [2.75, 3.05) is 36.6 Å². The van der Waals surface area contributed by atoms with Gasteiger partial charge in [-0.25, -0.2) is 8.42 Å². The average molecular weight is 400 g/mol. The normalized spacial score (nSPS) is 21.5. The summed E-state index contributed by atoms with van der Waals surface area (Å²) in [5.41, 5.74) is 0.465. The lowest BCUT2D eigenvalue weighted by Gasteiger charge is -2.27. The minimum absolute atomic E-state index is 0.118. The third-order valence-electron chi connectivity index (χ3n) is 4.48. The third kappa shape index (κ3) is 4.33. The molecule has 0 aliphatic carbocycles. The predicted octanol–water partition coefficient (Wildman–Crippen LogP) is 1.86. The van der Waals surface area contributed by atoms with Crippen LogP contribution in [0.4, 0.5) is 5.69 Å². The van der Waals surface area contributed by atoms with Crippen LogP contribution in [0, 0.1) is 0 Å². The fourth-order valence-electron chi connectivity index (χ4n) is 3.10. The molecule has 2 aliphatic heterocycles. The number of amides is 1. The first kappa shape index (κ1) is 19.5. The molecule has 26 heavy (non-hydrogen) atoms. The van der Waals surface area contributed by atoms with E-state index in [1.807, 2.05) is 6.92 Å². The fourth-order valence-corrected chi connectivity index (χ4v) is 5.72. The molecule has 1 unspecified atom stereocenters. The van der Waals surface area contributed by atoms with E-state index >= 15 is 0 Å². The van der Waals surface area contributed by atoms with E-state index in [1.165, 1.54) is 10.4 Å². The van der Waals surface area contributed by atoms with Gasteiger partial charge >= 0.3 is 0 Å². The highest BCUT2D eigenvalue weighted by Crippen LogP contribution is 2.31. The molecule has 2 N–H and O–H groups in total. The van der Waals surface area contributed by atoms with Crippen LogP contribution < -0.4 is 15.4 Å². The van der Waals surface area contributed by atoms with Gasteiger partial charge < -0.3 is 10.1 Å². The Morgan fingerprint density at radius 1 is 1.35 bits per heavy atom. The number of rotatable bonds is 6. The van der Waals surface area contributed by atoms with Crippen molar-refractivity contribution in [1.82, 2.24) is 9.62 Å². The first-order valence-electron chi connectivity index (χ1n) is 8.91. The van der Waals surface area contributed by atoms with E-state index in [4.69, 9.17) is 4.74 Å². The summed E-state index contributed by atoms with van der Waals surface area (Å²) in [4.78, 5) is 12.4. The molecule has 2 heterocycles. The quantitative estimate of drug-likeness (QED) is 0.759. The van der Waals surface area contributed by atoms with Gasteiger partial charge in [0, 0.05) is 30.4 Å². The molecule has 1 aromatic rings. The van der Waals surface area contributed by atoms with E-state index in [9.17, 15) is 13.2 Å². The number of hydrogen-bond acceptors (Lipinski definition) is 6. The lowest BCUT2D eigenvalue weighted by atomic mass is 10.2. The summed E-state index contributed by atoms with van der Waals surface area (Å²) < 4.78 is 33.2. The van der Waals surface area contributed by atoms with E-state index in [0.29, 0.717) is 36.9 Å². The van der Waals surface area contributed by atoms with Crippen molar-refractivity contribution in [2.45, 2.75) is 37.1 Å². The zero-order valence-corrected chi connectivity index (χ0v) is 16.5. The van der Waals surface area contributed by atoms with Crippen LogP contribution in [-0.4, -0.2) is 56.0 Å². The highest BCUT2D eigenvalue weighted by Gasteiger charge is 2.30. The molecule has 0 aromatic heterocycles. The summed E-state index contributed by atoms with van der Waals surface area (Å²) in [6.45, 7) is 3.23. The monoisotopic (exact) mass is 399 g/mol. The molecular formula is C17H25N3O4S2. The maximum absolute atomic E-state index is 13.1. The highest BCUT2D eigenvalue weighted by atomic mass is 32.2. The van der Waals surface area contributed by atoms with Crippen LogP contribution in [0.3, 0.4) is 0 Å². The predicted molar refractivity (Wildman–Crippen MR) is 103 cm³/mol. The second-order valence-corrected chi connectivity index (χ2v) is 9.26. The Morgan fingerprint density at radius 2 is 2.12 bits per heavy atom. The average Bonchev–Trinajstić information content (AvgIpc) is 3.19. The van der Waals surface area contributed by atoms with E-state index in [2.05, 4.69) is 10.6 Å². The number of anilines is 1. The van der Waals surface area contributed by atoms with Crippen LogP contribution in [0.25, 0.3) is 0 Å². The van der Waals surface area contributed by atoms with Gasteiger partial charge in [-0.05, 0) is 38.0 Å². The molecule has 0 radical (unpaired) electrons. The first-order chi connectivity index (χ1) is 12.5. The molecule has 9 heteroatoms. The smallest absolute Gasteiger partial charge is 0.246 e. The Kier molecular flexibility index (Phi) is 6.44. The minimum atomic E-state index is -3.65. The number of nitrogens with one attached hydrogen (secondary N) is 2. The van der Waals surface area contributed by atoms with Gasteiger partial charge in [0.2, 0.25) is 15.9 Å². The number of ether oxygens (including phenoxy) is 1. The molecule has 0 saturated carbocycles. The van der Waals surface area contributed by atoms with Crippen molar-refractivity contribution in [3.8, 4) is 5.75 Å². The Bertz CT molecular complexity index is 742. The van der Waals surface area contributed by atoms with E-state index in [0.717, 1.165) is 25.1 Å². The number of hydrogen-bond donors (Lipinski definition) is 2. The first-order valence-corrected chi connectivity index (χ1v) is 11.5. The number of benzene rings is 1. The van der Waals surface area contributed by atoms with Crippen LogP contribution in [0.5, 0.6) is 5.75 Å². The van der Waals surface area contributed by atoms with Gasteiger partial charge in [-0.2, -0.15) is 4.31 Å². The molecule has 3 rings (SSSR count). The van der Waals surface area contributed by atoms with E-state index < -0.39 is 10.0 Å². The maximum atomic E-state index is 13.1. The number of carbonyl (C=O) groups is 1. The molecule has 0 spiro atoms. The number of thioether (sulfide) groups is 1. The second kappa shape index (κ2) is 8.60. The van der Waals surface area contributed by atoms with Gasteiger partial charge in [0.15, 0.2) is 0 Å². The van der Waals surface area contributed by atoms with Gasteiger partial charge in [-0.15, -0.1) is 11.8 Å². The van der Waals surface area contributed by atoms with Crippen molar-refractivity contribution in [1.29, 1.82) is 0 Å². The standard InChI is InChI=1S/C17H25N3O4S2/c1-2-24-15-7-6-13(19-17(21)14-11-25-12-18-14)10-16(15)26(22,23)20-8-4-3-5-9-20/h6-7,10,14,18H,2-5,8-9,11-12H2,1H3,(H,19,21). The number of nitrogens with zero attached hydrogens (tertiary/aromatic N) is 1. The molecular weight excluding hydrogens is 374 g/mol. The molecule has 1 aromatic carbocycles. The zero-order chi connectivity index (χ0) is 18.6. The molecule has 2 aliphatic rings. The van der Waals surface area contributed by atoms with Crippen molar-refractivity contribution in [3.05, 3.63) is 18.2 Å². The SMILES string of the molecule is CCOc1ccc(NC(=O)C2CSCN2)cc1S(=O)(=O)N1CCCCC1. The fraction of sp³-hybridized carbons (Fsp3) is 0.588. The van der Waals surface area contributed by atoms with E-state index in [-0.39, 0.29) is 16.8 Å². The van der Waals surface area contributed by atoms with Crippen LogP contribution in [0.1, 0.15) is 26.2 Å². The number of piperidine rings is 1. The van der Waals surface area contributed by atoms with Gasteiger partial charge in [-0.3, -0.25) is 10.1 Å². The molecule has 7 nitrogen and oxygen atoms in total. The summed E-state index contributed by atoms with van der Waals surface area (Å²) in [6.07, 6.45) is 2.78. The maximum Gasteiger partial charge on any atom is 0.246 e. The Labute approximate surface area is 158 Å². The number of sulfonamides is 1. The van der Waals surface area contributed by atoms with Crippen molar-refractivity contribution < 1.29 is 17.9 Å². The van der Waals surface area contributed by atoms with Gasteiger partial charge in [0.25, 0.3) is 0 Å². The summed E-state index contributed by atoms with van der Waals surface area (Å²) in [7, 11) is -3.65. The third-order valence-corrected chi connectivity index (χ3v) is 7.34. The lowest BCUT2D eigenvalue weighted by molar-refractivity contribution is -0.117. The highest BCUT2D eigenvalue weighted by molar-refractivity contribution is 7.99. The Hall–Kier alpha value is -1.29. The minimum Gasteiger partial charge on any atom is -0.492 e. The van der Waals surface area contributed by atoms with Gasteiger partial charge in [0.1, 0.15) is 10.6 Å². The lowest BCUT2D eigenvalue weighted by Crippen LogP contribution is -2.37. The largest absolute Gasteiger partial charge is 0.492 e. The van der Waals surface area contributed by atoms with Crippen LogP contribution in [0.15, 0.2) is 23.1 Å². The van der Waals surface area contributed by atoms with Crippen LogP contribution >= 0.6 is 11.8 Å². The van der Waals surface area contributed by atoms with Gasteiger partial charge in [0.05, 0.1) is 12.6 Å². The zero-order valence-electron chi connectivity index (χ0n) is 14.9. The number of carbonyl (C=O) groups excluding carboxylic acids is 1. The summed E-state index contributed by atoms with van der Waals surface area (Å²) in [6, 6.07) is 4.55. The molecule has 2 fully saturated rings. The van der Waals surface area contributed by atoms with Crippen LogP contribution in [0.2, 0.25) is 0 Å². The molecule has 0 bridgehead atoms. The Balaban J connectivity index is 1.87. The van der Waals surface area contributed by atoms with E-state index in [1.54, 1.807) is 23.9 Å². The topological polar surface area (TPSA) is 87.7 Å². The Morgan fingerprint density at radius 3 is 2.77 bits per heavy atom. The summed E-state index contributed by atoms with van der Waals surface area (Å²) in [5.74, 6) is 1.63. The summed E-state index contributed by atoms with van der Waals surface area (Å²) in [5, 5.41) is 5.92. The van der Waals surface area contributed by atoms with Crippen molar-refractivity contribution in [3.63, 3.8) is 0 Å². The summed E-state index contributed by atoms with van der Waals surface area (Å²) >= 11 is 1.66. The second-order valence-electron chi connectivity index (χ2n) is 6.32. The molecule has 144 valence electrons. The van der Waals surface area contributed by atoms with Crippen molar-refractivity contribution >= 4 is 33.4 Å². The molecule has 2 saturated heterocycles. The van der Waals surface area contributed by atoms with Crippen molar-refractivity contribution in [2.24, 2.45) is 0 Å². The van der Waals surface area contributed by atoms with Gasteiger partial charge in [-0.1, -0.05) is 6.42 Å². The molecule has 1 amide bonds.